The lowest BCUT2D eigenvalue weighted by molar-refractivity contribution is 0.232. The Hall–Kier alpha value is -1.78. The summed E-state index contributed by atoms with van der Waals surface area (Å²) in [5.41, 5.74) is 1.11. The van der Waals surface area contributed by atoms with Gasteiger partial charge in [0.25, 0.3) is 0 Å². The van der Waals surface area contributed by atoms with Gasteiger partial charge in [-0.3, -0.25) is 4.99 Å². The Morgan fingerprint density at radius 2 is 2.20 bits per heavy atom. The number of ether oxygens (including phenoxy) is 1. The van der Waals surface area contributed by atoms with Crippen molar-refractivity contribution in [1.82, 2.24) is 15.6 Å². The Morgan fingerprint density at radius 1 is 1.40 bits per heavy atom. The molecule has 1 heterocycles. The summed E-state index contributed by atoms with van der Waals surface area (Å²) in [4.78, 5) is 8.49. The first-order chi connectivity index (χ1) is 9.67. The van der Waals surface area contributed by atoms with Crippen LogP contribution >= 0.6 is 0 Å². The maximum absolute atomic E-state index is 5.52. The van der Waals surface area contributed by atoms with Crippen molar-refractivity contribution in [2.45, 2.75) is 39.3 Å². The van der Waals surface area contributed by atoms with E-state index in [1.165, 1.54) is 12.8 Å². The summed E-state index contributed by atoms with van der Waals surface area (Å²) >= 11 is 0. The number of hydrogen-bond acceptors (Lipinski definition) is 3. The van der Waals surface area contributed by atoms with Gasteiger partial charge in [-0.2, -0.15) is 0 Å². The first-order valence-electron chi connectivity index (χ1n) is 7.23. The second-order valence-electron chi connectivity index (χ2n) is 5.42. The highest BCUT2D eigenvalue weighted by Crippen LogP contribution is 2.27. The Morgan fingerprint density at radius 3 is 2.75 bits per heavy atom. The molecule has 5 nitrogen and oxygen atoms in total. The van der Waals surface area contributed by atoms with Crippen LogP contribution in [0.2, 0.25) is 0 Å². The minimum absolute atomic E-state index is 0.150. The molecule has 0 spiro atoms. The van der Waals surface area contributed by atoms with Crippen molar-refractivity contribution < 1.29 is 4.74 Å². The molecule has 0 aromatic carbocycles. The number of nitrogens with zero attached hydrogens (tertiary/aromatic N) is 2. The van der Waals surface area contributed by atoms with Crippen molar-refractivity contribution in [3.05, 3.63) is 23.9 Å². The van der Waals surface area contributed by atoms with Crippen LogP contribution in [0.1, 0.15) is 32.3 Å². The average molecular weight is 276 g/mol. The Labute approximate surface area is 120 Å². The quantitative estimate of drug-likeness (QED) is 0.616. The summed E-state index contributed by atoms with van der Waals surface area (Å²) in [6.07, 6.45) is 4.66. The summed E-state index contributed by atoms with van der Waals surface area (Å²) < 4.78 is 5.52. The molecule has 110 valence electrons. The van der Waals surface area contributed by atoms with Crippen molar-refractivity contribution in [1.29, 1.82) is 0 Å². The number of rotatable bonds is 6. The third-order valence-electron chi connectivity index (χ3n) is 3.09. The Bertz CT molecular complexity index is 438. The van der Waals surface area contributed by atoms with Crippen molar-refractivity contribution in [3.63, 3.8) is 0 Å². The number of aliphatic imine (C=N–C) groups is 1. The Balaban J connectivity index is 1.76. The largest absolute Gasteiger partial charge is 0.475 e. The van der Waals surface area contributed by atoms with Gasteiger partial charge in [0, 0.05) is 32.4 Å². The van der Waals surface area contributed by atoms with Gasteiger partial charge < -0.3 is 15.4 Å². The molecule has 20 heavy (non-hydrogen) atoms. The average Bonchev–Trinajstić information content (AvgIpc) is 3.24. The first-order valence-corrected chi connectivity index (χ1v) is 7.23. The fourth-order valence-corrected chi connectivity index (χ4v) is 1.80. The molecule has 0 radical (unpaired) electrons. The summed E-state index contributed by atoms with van der Waals surface area (Å²) in [6.45, 7) is 5.71. The van der Waals surface area contributed by atoms with Crippen LogP contribution in [-0.2, 0) is 6.54 Å². The van der Waals surface area contributed by atoms with Crippen molar-refractivity contribution >= 4 is 5.96 Å². The molecule has 1 aromatic rings. The smallest absolute Gasteiger partial charge is 0.213 e. The van der Waals surface area contributed by atoms with Crippen LogP contribution in [0.4, 0.5) is 0 Å². The molecule has 0 unspecified atom stereocenters. The maximum Gasteiger partial charge on any atom is 0.213 e. The SMILES string of the molecule is CN=C(NCc1ccc(OC(C)C)nc1)NCC1CC1. The lowest BCUT2D eigenvalue weighted by atomic mass is 10.3. The number of nitrogens with one attached hydrogen (secondary N) is 2. The van der Waals surface area contributed by atoms with Crippen LogP contribution < -0.4 is 15.4 Å². The zero-order chi connectivity index (χ0) is 14.4. The summed E-state index contributed by atoms with van der Waals surface area (Å²) in [7, 11) is 1.79. The summed E-state index contributed by atoms with van der Waals surface area (Å²) in [6, 6.07) is 3.92. The third-order valence-corrected chi connectivity index (χ3v) is 3.09. The van der Waals surface area contributed by atoms with E-state index in [9.17, 15) is 0 Å². The summed E-state index contributed by atoms with van der Waals surface area (Å²) in [5, 5.41) is 6.62. The maximum atomic E-state index is 5.52. The van der Waals surface area contributed by atoms with E-state index in [2.05, 4.69) is 20.6 Å². The lowest BCUT2D eigenvalue weighted by Gasteiger charge is -2.12. The van der Waals surface area contributed by atoms with Gasteiger partial charge in [0.2, 0.25) is 5.88 Å². The molecule has 0 saturated heterocycles. The first kappa shape index (κ1) is 14.6. The fraction of sp³-hybridized carbons (Fsp3) is 0.600. The highest BCUT2D eigenvalue weighted by molar-refractivity contribution is 5.79. The second-order valence-corrected chi connectivity index (χ2v) is 5.42. The molecule has 1 aliphatic carbocycles. The van der Waals surface area contributed by atoms with E-state index in [0.717, 1.165) is 24.0 Å². The van der Waals surface area contributed by atoms with Gasteiger partial charge >= 0.3 is 0 Å². The van der Waals surface area contributed by atoms with Gasteiger partial charge in [-0.15, -0.1) is 0 Å². The van der Waals surface area contributed by atoms with E-state index in [-0.39, 0.29) is 6.10 Å². The van der Waals surface area contributed by atoms with Crippen LogP contribution in [0.5, 0.6) is 5.88 Å². The molecule has 0 bridgehead atoms. The highest BCUT2D eigenvalue weighted by Gasteiger charge is 2.20. The van der Waals surface area contributed by atoms with Crippen molar-refractivity contribution in [2.24, 2.45) is 10.9 Å². The molecule has 0 amide bonds. The lowest BCUT2D eigenvalue weighted by Crippen LogP contribution is -2.37. The molecule has 0 atom stereocenters. The van der Waals surface area contributed by atoms with Gasteiger partial charge in [0.05, 0.1) is 6.10 Å². The zero-order valence-corrected chi connectivity index (χ0v) is 12.5. The molecule has 1 saturated carbocycles. The molecule has 2 rings (SSSR count). The molecule has 1 aromatic heterocycles. The van der Waals surface area contributed by atoms with Crippen molar-refractivity contribution in [3.8, 4) is 5.88 Å². The van der Waals surface area contributed by atoms with E-state index in [0.29, 0.717) is 12.4 Å². The highest BCUT2D eigenvalue weighted by atomic mass is 16.5. The summed E-state index contributed by atoms with van der Waals surface area (Å²) in [5.74, 6) is 2.35. The molecule has 2 N–H and O–H groups in total. The third kappa shape index (κ3) is 5.07. The van der Waals surface area contributed by atoms with Crippen LogP contribution in [0, 0.1) is 5.92 Å². The predicted molar refractivity (Wildman–Crippen MR) is 80.9 cm³/mol. The second kappa shape index (κ2) is 7.12. The molecule has 1 aliphatic rings. The number of pyridine rings is 1. The molecule has 1 fully saturated rings. The molecular weight excluding hydrogens is 252 g/mol. The number of guanidine groups is 1. The van der Waals surface area contributed by atoms with Gasteiger partial charge in [0.1, 0.15) is 0 Å². The van der Waals surface area contributed by atoms with Crippen LogP contribution in [0.25, 0.3) is 0 Å². The fourth-order valence-electron chi connectivity index (χ4n) is 1.80. The predicted octanol–water partition coefficient (Wildman–Crippen LogP) is 1.94. The van der Waals surface area contributed by atoms with E-state index in [1.807, 2.05) is 32.2 Å². The Kier molecular flexibility index (Phi) is 5.21. The van der Waals surface area contributed by atoms with Gasteiger partial charge in [-0.25, -0.2) is 4.98 Å². The normalized spacial score (nSPS) is 15.3. The minimum Gasteiger partial charge on any atom is -0.475 e. The van der Waals surface area contributed by atoms with Crippen LogP contribution in [-0.4, -0.2) is 30.6 Å². The topological polar surface area (TPSA) is 58.5 Å². The van der Waals surface area contributed by atoms with Gasteiger partial charge in [-0.05, 0) is 38.2 Å². The van der Waals surface area contributed by atoms with E-state index >= 15 is 0 Å². The molecule has 5 heteroatoms. The van der Waals surface area contributed by atoms with Gasteiger partial charge in [-0.1, -0.05) is 6.07 Å². The molecule has 0 aliphatic heterocycles. The van der Waals surface area contributed by atoms with Crippen molar-refractivity contribution in [2.75, 3.05) is 13.6 Å². The number of hydrogen-bond donors (Lipinski definition) is 2. The monoisotopic (exact) mass is 276 g/mol. The van der Waals surface area contributed by atoms with E-state index < -0.39 is 0 Å². The van der Waals surface area contributed by atoms with E-state index in [4.69, 9.17) is 4.74 Å². The van der Waals surface area contributed by atoms with Crippen LogP contribution in [0.15, 0.2) is 23.3 Å². The molecular formula is C15H24N4O. The van der Waals surface area contributed by atoms with E-state index in [1.54, 1.807) is 7.05 Å². The van der Waals surface area contributed by atoms with Crippen LogP contribution in [0.3, 0.4) is 0 Å². The van der Waals surface area contributed by atoms with Gasteiger partial charge in [0.15, 0.2) is 5.96 Å². The zero-order valence-electron chi connectivity index (χ0n) is 12.5. The standard InChI is InChI=1S/C15H24N4O/c1-11(2)20-14-7-6-13(9-17-14)10-19-15(16-3)18-8-12-4-5-12/h6-7,9,11-12H,4-5,8,10H2,1-3H3,(H2,16,18,19). The minimum atomic E-state index is 0.150. The number of aromatic nitrogens is 1.